The van der Waals surface area contributed by atoms with Crippen molar-refractivity contribution in [2.75, 3.05) is 32.8 Å². The number of piperidine rings is 1. The highest BCUT2D eigenvalue weighted by Gasteiger charge is 2.47. The van der Waals surface area contributed by atoms with Gasteiger partial charge in [0.1, 0.15) is 5.65 Å². The van der Waals surface area contributed by atoms with Gasteiger partial charge in [-0.3, -0.25) is 9.80 Å². The van der Waals surface area contributed by atoms with Crippen LogP contribution in [0.15, 0.2) is 54.9 Å². The van der Waals surface area contributed by atoms with Gasteiger partial charge in [-0.2, -0.15) is 0 Å². The standard InChI is InChI=1S/C25H32N4O/c1-27-15-21(23-8-5-11-26-24(23)27)16-28-12-9-25(10-13-28)19-29(17-22(25)18-30)14-20-6-3-2-4-7-20/h2-8,11,15,22,30H,9-10,12-14,16-19H2,1H3. The van der Waals surface area contributed by atoms with Crippen molar-refractivity contribution < 1.29 is 5.11 Å². The lowest BCUT2D eigenvalue weighted by Crippen LogP contribution is -2.44. The van der Waals surface area contributed by atoms with Crippen molar-refractivity contribution in [3.8, 4) is 0 Å². The van der Waals surface area contributed by atoms with Gasteiger partial charge in [0.2, 0.25) is 0 Å². The molecule has 4 heterocycles. The van der Waals surface area contributed by atoms with E-state index in [9.17, 15) is 5.11 Å². The van der Waals surface area contributed by atoms with Crippen LogP contribution in [0.4, 0.5) is 0 Å². The minimum atomic E-state index is 0.264. The summed E-state index contributed by atoms with van der Waals surface area (Å²) in [5.74, 6) is 0.394. The van der Waals surface area contributed by atoms with Crippen molar-refractivity contribution in [1.29, 1.82) is 0 Å². The van der Waals surface area contributed by atoms with Gasteiger partial charge in [0.25, 0.3) is 0 Å². The number of likely N-dealkylation sites (tertiary alicyclic amines) is 2. The highest BCUT2D eigenvalue weighted by Crippen LogP contribution is 2.45. The summed E-state index contributed by atoms with van der Waals surface area (Å²) in [6.45, 7) is 6.61. The van der Waals surface area contributed by atoms with Crippen LogP contribution < -0.4 is 0 Å². The third-order valence-electron chi connectivity index (χ3n) is 7.41. The molecule has 5 heteroatoms. The van der Waals surface area contributed by atoms with Crippen molar-refractivity contribution >= 4 is 11.0 Å². The predicted molar refractivity (Wildman–Crippen MR) is 120 cm³/mol. The van der Waals surface area contributed by atoms with Gasteiger partial charge in [-0.25, -0.2) is 4.98 Å². The number of fused-ring (bicyclic) bond motifs is 1. The fourth-order valence-electron chi connectivity index (χ4n) is 5.74. The lowest BCUT2D eigenvalue weighted by atomic mass is 9.71. The van der Waals surface area contributed by atoms with Crippen molar-refractivity contribution in [3.63, 3.8) is 0 Å². The molecule has 0 radical (unpaired) electrons. The number of hydrogen-bond acceptors (Lipinski definition) is 4. The van der Waals surface area contributed by atoms with Gasteiger partial charge in [-0.15, -0.1) is 0 Å². The Morgan fingerprint density at radius 1 is 1.03 bits per heavy atom. The third kappa shape index (κ3) is 3.66. The molecule has 3 aromatic rings. The average molecular weight is 405 g/mol. The van der Waals surface area contributed by atoms with Gasteiger partial charge in [0, 0.05) is 63.5 Å². The molecule has 1 aromatic carbocycles. The second kappa shape index (κ2) is 8.14. The summed E-state index contributed by atoms with van der Waals surface area (Å²) in [5, 5.41) is 11.4. The van der Waals surface area contributed by atoms with Crippen LogP contribution in [0.1, 0.15) is 24.0 Å². The molecular formula is C25H32N4O. The molecule has 0 aliphatic carbocycles. The fourth-order valence-corrected chi connectivity index (χ4v) is 5.74. The van der Waals surface area contributed by atoms with E-state index in [0.29, 0.717) is 12.5 Å². The van der Waals surface area contributed by atoms with Crippen LogP contribution in [-0.2, 0) is 20.1 Å². The van der Waals surface area contributed by atoms with Gasteiger partial charge >= 0.3 is 0 Å². The van der Waals surface area contributed by atoms with E-state index < -0.39 is 0 Å². The third-order valence-corrected chi connectivity index (χ3v) is 7.41. The van der Waals surface area contributed by atoms with Crippen LogP contribution in [0, 0.1) is 11.3 Å². The zero-order chi connectivity index (χ0) is 20.6. The van der Waals surface area contributed by atoms with E-state index in [-0.39, 0.29) is 5.41 Å². The van der Waals surface area contributed by atoms with Gasteiger partial charge in [0.15, 0.2) is 0 Å². The lowest BCUT2D eigenvalue weighted by molar-refractivity contribution is 0.0483. The molecule has 2 aliphatic rings. The van der Waals surface area contributed by atoms with Crippen molar-refractivity contribution in [3.05, 3.63) is 66.0 Å². The largest absolute Gasteiger partial charge is 0.396 e. The molecule has 30 heavy (non-hydrogen) atoms. The van der Waals surface area contributed by atoms with Crippen molar-refractivity contribution in [1.82, 2.24) is 19.4 Å². The minimum absolute atomic E-state index is 0.264. The number of aliphatic hydroxyl groups is 1. The van der Waals surface area contributed by atoms with E-state index in [0.717, 1.165) is 44.9 Å². The van der Waals surface area contributed by atoms with Crippen LogP contribution in [0.25, 0.3) is 11.0 Å². The first-order chi connectivity index (χ1) is 14.7. The van der Waals surface area contributed by atoms with Gasteiger partial charge < -0.3 is 9.67 Å². The van der Waals surface area contributed by atoms with E-state index in [2.05, 4.69) is 69.0 Å². The van der Waals surface area contributed by atoms with Crippen LogP contribution >= 0.6 is 0 Å². The molecule has 2 aliphatic heterocycles. The summed E-state index contributed by atoms with van der Waals surface area (Å²) in [6.07, 6.45) is 6.45. The summed E-state index contributed by atoms with van der Waals surface area (Å²) >= 11 is 0. The molecule has 1 atom stereocenters. The Labute approximate surface area is 178 Å². The molecule has 2 saturated heterocycles. The highest BCUT2D eigenvalue weighted by atomic mass is 16.3. The van der Waals surface area contributed by atoms with Gasteiger partial charge in [-0.1, -0.05) is 30.3 Å². The first-order valence-corrected chi connectivity index (χ1v) is 11.2. The van der Waals surface area contributed by atoms with Crippen LogP contribution in [0.5, 0.6) is 0 Å². The SMILES string of the molecule is Cn1cc(CN2CCC3(CC2)CN(Cc2ccccc2)CC3CO)c2cccnc21. The molecule has 158 valence electrons. The molecule has 0 saturated carbocycles. The number of nitrogens with zero attached hydrogens (tertiary/aromatic N) is 4. The molecule has 1 spiro atoms. The van der Waals surface area contributed by atoms with Crippen LogP contribution in [0.2, 0.25) is 0 Å². The Hall–Kier alpha value is -2.21. The Balaban J connectivity index is 1.25. The first-order valence-electron chi connectivity index (χ1n) is 11.2. The monoisotopic (exact) mass is 404 g/mol. The number of aromatic nitrogens is 2. The maximum Gasteiger partial charge on any atom is 0.139 e. The Morgan fingerprint density at radius 2 is 1.83 bits per heavy atom. The Bertz CT molecular complexity index is 991. The minimum Gasteiger partial charge on any atom is -0.396 e. The quantitative estimate of drug-likeness (QED) is 0.709. The number of aliphatic hydroxyl groups excluding tert-OH is 1. The lowest BCUT2D eigenvalue weighted by Gasteiger charge is -2.42. The molecule has 0 bridgehead atoms. The summed E-state index contributed by atoms with van der Waals surface area (Å²) < 4.78 is 2.14. The van der Waals surface area contributed by atoms with E-state index in [4.69, 9.17) is 0 Å². The van der Waals surface area contributed by atoms with E-state index in [1.807, 2.05) is 12.3 Å². The molecule has 2 fully saturated rings. The van der Waals surface area contributed by atoms with Gasteiger partial charge in [0.05, 0.1) is 0 Å². The normalized spacial score (nSPS) is 22.3. The number of pyridine rings is 1. The fraction of sp³-hybridized carbons (Fsp3) is 0.480. The number of aryl methyl sites for hydroxylation is 1. The smallest absolute Gasteiger partial charge is 0.139 e. The zero-order valence-corrected chi connectivity index (χ0v) is 17.9. The summed E-state index contributed by atoms with van der Waals surface area (Å²) in [6, 6.07) is 14.9. The molecule has 5 rings (SSSR count). The topological polar surface area (TPSA) is 44.5 Å². The molecule has 5 nitrogen and oxygen atoms in total. The molecule has 2 aromatic heterocycles. The summed E-state index contributed by atoms with van der Waals surface area (Å²) in [5.41, 5.74) is 4.06. The number of hydrogen-bond donors (Lipinski definition) is 1. The predicted octanol–water partition coefficient (Wildman–Crippen LogP) is 3.28. The Morgan fingerprint density at radius 3 is 2.60 bits per heavy atom. The summed E-state index contributed by atoms with van der Waals surface area (Å²) in [7, 11) is 2.08. The second-order valence-corrected chi connectivity index (χ2v) is 9.31. The zero-order valence-electron chi connectivity index (χ0n) is 17.9. The number of benzene rings is 1. The average Bonchev–Trinajstić information content (AvgIpc) is 3.28. The molecule has 1 unspecified atom stereocenters. The van der Waals surface area contributed by atoms with Crippen LogP contribution in [-0.4, -0.2) is 57.2 Å². The second-order valence-electron chi connectivity index (χ2n) is 9.31. The maximum absolute atomic E-state index is 10.1. The molecular weight excluding hydrogens is 372 g/mol. The Kier molecular flexibility index (Phi) is 5.35. The molecule has 1 N–H and O–H groups in total. The van der Waals surface area contributed by atoms with E-state index in [1.54, 1.807) is 0 Å². The van der Waals surface area contributed by atoms with E-state index in [1.165, 1.54) is 29.4 Å². The van der Waals surface area contributed by atoms with Crippen molar-refractivity contribution in [2.45, 2.75) is 25.9 Å². The van der Waals surface area contributed by atoms with Crippen molar-refractivity contribution in [2.24, 2.45) is 18.4 Å². The summed E-state index contributed by atoms with van der Waals surface area (Å²) in [4.78, 5) is 9.67. The van der Waals surface area contributed by atoms with E-state index >= 15 is 0 Å². The molecule has 0 amide bonds. The van der Waals surface area contributed by atoms with Gasteiger partial charge in [-0.05, 0) is 54.6 Å². The maximum atomic E-state index is 10.1. The van der Waals surface area contributed by atoms with Crippen LogP contribution in [0.3, 0.4) is 0 Å². The highest BCUT2D eigenvalue weighted by molar-refractivity contribution is 5.80. The number of rotatable bonds is 5. The first kappa shape index (κ1) is 19.7.